The molecular formula is C18H24Br2S2Si. The van der Waals surface area contributed by atoms with Gasteiger partial charge >= 0.3 is 0 Å². The molecule has 1 fully saturated rings. The first-order valence-corrected chi connectivity index (χ1v) is 15.2. The molecule has 0 aromatic carbocycles. The van der Waals surface area contributed by atoms with Gasteiger partial charge in [0.05, 0.1) is 8.07 Å². The molecule has 0 bridgehead atoms. The van der Waals surface area contributed by atoms with Crippen molar-refractivity contribution in [1.29, 1.82) is 0 Å². The van der Waals surface area contributed by atoms with Gasteiger partial charge in [-0.2, -0.15) is 0 Å². The predicted octanol–water partition coefficient (Wildman–Crippen LogP) is 7.21. The Balaban J connectivity index is 1.73. The van der Waals surface area contributed by atoms with Crippen molar-refractivity contribution in [1.82, 2.24) is 0 Å². The molecule has 1 saturated carbocycles. The van der Waals surface area contributed by atoms with E-state index in [2.05, 4.69) is 75.9 Å². The van der Waals surface area contributed by atoms with Crippen molar-refractivity contribution in [2.75, 3.05) is 5.75 Å². The van der Waals surface area contributed by atoms with Crippen LogP contribution >= 0.6 is 55.0 Å². The Labute approximate surface area is 166 Å². The van der Waals surface area contributed by atoms with E-state index in [1.807, 2.05) is 11.3 Å². The standard InChI is InChI=1S/C18H24Br2S2Si/c1-9-5-11-13(19)7-21-15(11)17(9)23(3,4)18-10(2)6-12-14(20)8-22-16(12)18/h7,9-10,16-18H,5-6,8H2,1-4H3. The summed E-state index contributed by atoms with van der Waals surface area (Å²) in [6.07, 6.45) is 2.62. The van der Waals surface area contributed by atoms with Crippen molar-refractivity contribution in [3.63, 3.8) is 0 Å². The maximum atomic E-state index is 3.86. The fourth-order valence-corrected chi connectivity index (χ4v) is 17.9. The van der Waals surface area contributed by atoms with Gasteiger partial charge in [0.1, 0.15) is 0 Å². The van der Waals surface area contributed by atoms with Gasteiger partial charge in [0.15, 0.2) is 0 Å². The number of halogens is 2. The lowest BCUT2D eigenvalue weighted by Gasteiger charge is -2.42. The van der Waals surface area contributed by atoms with E-state index >= 15 is 0 Å². The van der Waals surface area contributed by atoms with E-state index in [0.29, 0.717) is 0 Å². The van der Waals surface area contributed by atoms with Gasteiger partial charge in [0.25, 0.3) is 0 Å². The first-order chi connectivity index (χ1) is 10.8. The summed E-state index contributed by atoms with van der Waals surface area (Å²) in [5.74, 6) is 2.89. The molecule has 0 amide bonds. The summed E-state index contributed by atoms with van der Waals surface area (Å²) in [5, 5.41) is 3.14. The topological polar surface area (TPSA) is 0 Å². The summed E-state index contributed by atoms with van der Waals surface area (Å²) >= 11 is 11.9. The second-order valence-electron chi connectivity index (χ2n) is 8.28. The van der Waals surface area contributed by atoms with Gasteiger partial charge in [0, 0.05) is 30.2 Å². The maximum absolute atomic E-state index is 3.86. The molecule has 3 aliphatic rings. The van der Waals surface area contributed by atoms with E-state index in [-0.39, 0.29) is 0 Å². The molecule has 0 N–H and O–H groups in total. The van der Waals surface area contributed by atoms with Crippen LogP contribution in [0.2, 0.25) is 18.6 Å². The Morgan fingerprint density at radius 3 is 2.61 bits per heavy atom. The molecule has 1 aliphatic heterocycles. The Bertz CT molecular complexity index is 679. The number of fused-ring (bicyclic) bond motifs is 2. The molecule has 2 aliphatic carbocycles. The zero-order valence-electron chi connectivity index (χ0n) is 14.2. The average molecular weight is 492 g/mol. The van der Waals surface area contributed by atoms with Gasteiger partial charge < -0.3 is 0 Å². The molecule has 0 radical (unpaired) electrons. The summed E-state index contributed by atoms with van der Waals surface area (Å²) in [4.78, 5) is 1.73. The zero-order valence-corrected chi connectivity index (χ0v) is 20.0. The molecule has 5 atom stereocenters. The highest BCUT2D eigenvalue weighted by Gasteiger charge is 2.55. The van der Waals surface area contributed by atoms with E-state index in [1.165, 1.54) is 27.5 Å². The van der Waals surface area contributed by atoms with Crippen LogP contribution in [-0.2, 0) is 6.42 Å². The van der Waals surface area contributed by atoms with Gasteiger partial charge in [-0.15, -0.1) is 23.1 Å². The van der Waals surface area contributed by atoms with Crippen LogP contribution in [0, 0.1) is 11.8 Å². The second-order valence-corrected chi connectivity index (χ2v) is 17.1. The van der Waals surface area contributed by atoms with Gasteiger partial charge in [-0.05, 0) is 62.8 Å². The lowest BCUT2D eigenvalue weighted by atomic mass is 10.1. The van der Waals surface area contributed by atoms with Crippen LogP contribution in [0.1, 0.15) is 36.3 Å². The maximum Gasteiger partial charge on any atom is 0.0613 e. The second kappa shape index (κ2) is 6.00. The van der Waals surface area contributed by atoms with Gasteiger partial charge in [-0.3, -0.25) is 0 Å². The monoisotopic (exact) mass is 490 g/mol. The number of hydrogen-bond donors (Lipinski definition) is 0. The van der Waals surface area contributed by atoms with Crippen molar-refractivity contribution in [3.8, 4) is 0 Å². The highest BCUT2D eigenvalue weighted by atomic mass is 79.9. The molecule has 5 heteroatoms. The highest BCUT2D eigenvalue weighted by Crippen LogP contribution is 2.61. The third-order valence-corrected chi connectivity index (χ3v) is 16.7. The first-order valence-electron chi connectivity index (χ1n) is 8.57. The van der Waals surface area contributed by atoms with Crippen LogP contribution in [0.4, 0.5) is 0 Å². The summed E-state index contributed by atoms with van der Waals surface area (Å²) < 4.78 is 2.89. The van der Waals surface area contributed by atoms with Crippen LogP contribution in [0.25, 0.3) is 0 Å². The largest absolute Gasteiger partial charge is 0.149 e. The van der Waals surface area contributed by atoms with Crippen LogP contribution < -0.4 is 0 Å². The number of thiophene rings is 1. The van der Waals surface area contributed by atoms with Crippen molar-refractivity contribution in [3.05, 3.63) is 30.3 Å². The minimum absolute atomic E-state index is 0.806. The van der Waals surface area contributed by atoms with Crippen LogP contribution in [0.5, 0.6) is 0 Å². The zero-order chi connectivity index (χ0) is 16.5. The smallest absolute Gasteiger partial charge is 0.0613 e. The van der Waals surface area contributed by atoms with Crippen molar-refractivity contribution < 1.29 is 0 Å². The number of hydrogen-bond acceptors (Lipinski definition) is 2. The fraction of sp³-hybridized carbons (Fsp3) is 0.667. The van der Waals surface area contributed by atoms with Crippen molar-refractivity contribution in [2.24, 2.45) is 11.8 Å². The first kappa shape index (κ1) is 17.4. The van der Waals surface area contributed by atoms with Crippen LogP contribution in [0.15, 0.2) is 19.9 Å². The average Bonchev–Trinajstić information content (AvgIpc) is 3.16. The molecule has 0 spiro atoms. The molecule has 1 aromatic rings. The summed E-state index contributed by atoms with van der Waals surface area (Å²) in [6, 6.07) is 0. The third-order valence-electron chi connectivity index (χ3n) is 6.48. The number of rotatable bonds is 2. The predicted molar refractivity (Wildman–Crippen MR) is 115 cm³/mol. The van der Waals surface area contributed by atoms with E-state index in [4.69, 9.17) is 0 Å². The molecule has 126 valence electrons. The third kappa shape index (κ3) is 2.55. The Morgan fingerprint density at radius 1 is 1.13 bits per heavy atom. The summed E-state index contributed by atoms with van der Waals surface area (Å²) in [7, 11) is -1.40. The molecule has 4 rings (SSSR count). The van der Waals surface area contributed by atoms with E-state index in [9.17, 15) is 0 Å². The van der Waals surface area contributed by atoms with Gasteiger partial charge in [0.2, 0.25) is 0 Å². The molecule has 1 aromatic heterocycles. The van der Waals surface area contributed by atoms with Gasteiger partial charge in [-0.1, -0.05) is 42.9 Å². The lowest BCUT2D eigenvalue weighted by Crippen LogP contribution is -2.45. The normalized spacial score (nSPS) is 36.7. The molecule has 0 saturated heterocycles. The molecule has 23 heavy (non-hydrogen) atoms. The van der Waals surface area contributed by atoms with Crippen molar-refractivity contribution in [2.45, 2.75) is 56.1 Å². The van der Waals surface area contributed by atoms with Crippen molar-refractivity contribution >= 4 is 63.0 Å². The van der Waals surface area contributed by atoms with E-state index < -0.39 is 8.07 Å². The minimum Gasteiger partial charge on any atom is -0.149 e. The van der Waals surface area contributed by atoms with Crippen LogP contribution in [0.3, 0.4) is 0 Å². The molecule has 2 heterocycles. The summed E-state index contributed by atoms with van der Waals surface area (Å²) in [6.45, 7) is 10.4. The Morgan fingerprint density at radius 2 is 1.87 bits per heavy atom. The molecule has 0 nitrogen and oxygen atoms in total. The molecule has 5 unspecified atom stereocenters. The lowest BCUT2D eigenvalue weighted by molar-refractivity contribution is 0.549. The Kier molecular flexibility index (Phi) is 4.54. The number of thioether (sulfide) groups is 1. The van der Waals surface area contributed by atoms with Gasteiger partial charge in [-0.25, -0.2) is 0 Å². The molecular weight excluding hydrogens is 468 g/mol. The highest BCUT2D eigenvalue weighted by molar-refractivity contribution is 9.12. The van der Waals surface area contributed by atoms with E-state index in [0.717, 1.165) is 28.2 Å². The fourth-order valence-electron chi connectivity index (χ4n) is 5.76. The quantitative estimate of drug-likeness (QED) is 0.393. The van der Waals surface area contributed by atoms with E-state index in [1.54, 1.807) is 16.0 Å². The minimum atomic E-state index is -1.40. The van der Waals surface area contributed by atoms with Crippen LogP contribution in [-0.4, -0.2) is 19.1 Å². The summed E-state index contributed by atoms with van der Waals surface area (Å²) in [5.41, 5.74) is 5.17. The Hall–Kier alpha value is 0.967. The SMILES string of the molecule is CC1Cc2c(Br)csc2C1[Si](C)(C)C1C(C)CC2=C(Br)CSC21.